The SMILES string of the molecule is CC(C)C1CCC(C(N)c2ccccc2C(F)(F)F)CC1. The van der Waals surface area contributed by atoms with Crippen LogP contribution in [0.25, 0.3) is 0 Å². The molecule has 1 atom stereocenters. The van der Waals surface area contributed by atoms with E-state index < -0.39 is 17.8 Å². The monoisotopic (exact) mass is 299 g/mol. The summed E-state index contributed by atoms with van der Waals surface area (Å²) in [6.45, 7) is 4.42. The van der Waals surface area contributed by atoms with Crippen LogP contribution in [-0.4, -0.2) is 0 Å². The van der Waals surface area contributed by atoms with Crippen LogP contribution in [0.4, 0.5) is 13.2 Å². The van der Waals surface area contributed by atoms with Crippen molar-refractivity contribution in [1.82, 2.24) is 0 Å². The lowest BCUT2D eigenvalue weighted by atomic mass is 9.73. The summed E-state index contributed by atoms with van der Waals surface area (Å²) in [5.41, 5.74) is 5.86. The summed E-state index contributed by atoms with van der Waals surface area (Å²) in [4.78, 5) is 0. The molecule has 21 heavy (non-hydrogen) atoms. The summed E-state index contributed by atoms with van der Waals surface area (Å²) in [5, 5.41) is 0. The van der Waals surface area contributed by atoms with Crippen molar-refractivity contribution in [3.8, 4) is 0 Å². The summed E-state index contributed by atoms with van der Waals surface area (Å²) in [7, 11) is 0. The predicted octanol–water partition coefficient (Wildman–Crippen LogP) is 5.17. The average Bonchev–Trinajstić information content (AvgIpc) is 2.45. The molecule has 0 spiro atoms. The molecule has 0 heterocycles. The summed E-state index contributed by atoms with van der Waals surface area (Å²) < 4.78 is 39.3. The zero-order valence-electron chi connectivity index (χ0n) is 12.7. The Morgan fingerprint density at radius 1 is 1.00 bits per heavy atom. The van der Waals surface area contributed by atoms with Crippen LogP contribution in [0.15, 0.2) is 24.3 Å². The second-order valence-corrected chi connectivity index (χ2v) is 6.53. The highest BCUT2D eigenvalue weighted by atomic mass is 19.4. The zero-order valence-corrected chi connectivity index (χ0v) is 12.7. The van der Waals surface area contributed by atoms with Gasteiger partial charge in [0.1, 0.15) is 0 Å². The van der Waals surface area contributed by atoms with Gasteiger partial charge in [0.15, 0.2) is 0 Å². The Bertz CT molecular complexity index is 459. The van der Waals surface area contributed by atoms with E-state index in [4.69, 9.17) is 5.73 Å². The van der Waals surface area contributed by atoms with Crippen LogP contribution in [0.3, 0.4) is 0 Å². The highest BCUT2D eigenvalue weighted by Gasteiger charge is 2.36. The van der Waals surface area contributed by atoms with Gasteiger partial charge in [0, 0.05) is 6.04 Å². The van der Waals surface area contributed by atoms with E-state index in [1.165, 1.54) is 12.1 Å². The van der Waals surface area contributed by atoms with E-state index in [0.717, 1.165) is 31.7 Å². The Kier molecular flexibility index (Phi) is 4.97. The summed E-state index contributed by atoms with van der Waals surface area (Å²) in [5.74, 6) is 1.49. The van der Waals surface area contributed by atoms with Crippen molar-refractivity contribution in [2.45, 2.75) is 51.7 Å². The van der Waals surface area contributed by atoms with Gasteiger partial charge in [-0.3, -0.25) is 0 Å². The van der Waals surface area contributed by atoms with Gasteiger partial charge >= 0.3 is 6.18 Å². The smallest absolute Gasteiger partial charge is 0.324 e. The van der Waals surface area contributed by atoms with E-state index in [2.05, 4.69) is 13.8 Å². The number of hydrogen-bond donors (Lipinski definition) is 1. The van der Waals surface area contributed by atoms with Crippen molar-refractivity contribution in [1.29, 1.82) is 0 Å². The van der Waals surface area contributed by atoms with Gasteiger partial charge < -0.3 is 5.73 Å². The zero-order chi connectivity index (χ0) is 15.6. The second-order valence-electron chi connectivity index (χ2n) is 6.53. The molecule has 1 saturated carbocycles. The van der Waals surface area contributed by atoms with Crippen molar-refractivity contribution in [2.24, 2.45) is 23.5 Å². The molecule has 1 aromatic carbocycles. The van der Waals surface area contributed by atoms with Crippen molar-refractivity contribution >= 4 is 0 Å². The fraction of sp³-hybridized carbons (Fsp3) is 0.647. The third-order valence-corrected chi connectivity index (χ3v) is 4.89. The Labute approximate surface area is 124 Å². The van der Waals surface area contributed by atoms with Gasteiger partial charge in [0.2, 0.25) is 0 Å². The predicted molar refractivity (Wildman–Crippen MR) is 78.7 cm³/mol. The summed E-state index contributed by atoms with van der Waals surface area (Å²) in [6.07, 6.45) is -0.329. The van der Waals surface area contributed by atoms with Crippen LogP contribution in [0.2, 0.25) is 0 Å². The molecule has 1 aliphatic rings. The number of halogens is 3. The number of nitrogens with two attached hydrogens (primary N) is 1. The van der Waals surface area contributed by atoms with Gasteiger partial charge in [-0.05, 0) is 55.1 Å². The molecule has 1 unspecified atom stereocenters. The van der Waals surface area contributed by atoms with Crippen molar-refractivity contribution in [3.05, 3.63) is 35.4 Å². The minimum Gasteiger partial charge on any atom is -0.324 e. The van der Waals surface area contributed by atoms with Gasteiger partial charge in [-0.15, -0.1) is 0 Å². The van der Waals surface area contributed by atoms with Gasteiger partial charge in [-0.1, -0.05) is 32.0 Å². The lowest BCUT2D eigenvalue weighted by Crippen LogP contribution is -2.29. The van der Waals surface area contributed by atoms with Gasteiger partial charge in [-0.2, -0.15) is 13.2 Å². The van der Waals surface area contributed by atoms with Crippen molar-refractivity contribution in [2.75, 3.05) is 0 Å². The Morgan fingerprint density at radius 3 is 2.05 bits per heavy atom. The summed E-state index contributed by atoms with van der Waals surface area (Å²) >= 11 is 0. The first kappa shape index (κ1) is 16.3. The lowest BCUT2D eigenvalue weighted by molar-refractivity contribution is -0.138. The molecule has 0 saturated heterocycles. The molecule has 0 amide bonds. The van der Waals surface area contributed by atoms with E-state index in [1.54, 1.807) is 6.07 Å². The molecule has 0 radical (unpaired) electrons. The van der Waals surface area contributed by atoms with Crippen LogP contribution in [-0.2, 0) is 6.18 Å². The summed E-state index contributed by atoms with van der Waals surface area (Å²) in [6, 6.07) is 5.21. The largest absolute Gasteiger partial charge is 0.416 e. The highest BCUT2D eigenvalue weighted by molar-refractivity contribution is 5.32. The standard InChI is InChI=1S/C17H24F3N/c1-11(2)12-7-9-13(10-8-12)16(21)14-5-3-4-6-15(14)17(18,19)20/h3-6,11-13,16H,7-10,21H2,1-2H3. The second kappa shape index (κ2) is 6.39. The van der Waals surface area contributed by atoms with Gasteiger partial charge in [0.05, 0.1) is 5.56 Å². The maximum atomic E-state index is 13.1. The Balaban J connectivity index is 2.13. The average molecular weight is 299 g/mol. The van der Waals surface area contributed by atoms with Crippen LogP contribution in [0, 0.1) is 17.8 Å². The fourth-order valence-corrected chi connectivity index (χ4v) is 3.47. The van der Waals surface area contributed by atoms with Crippen molar-refractivity contribution in [3.63, 3.8) is 0 Å². The fourth-order valence-electron chi connectivity index (χ4n) is 3.47. The quantitative estimate of drug-likeness (QED) is 0.819. The normalized spacial score (nSPS) is 25.1. The molecule has 2 N–H and O–H groups in total. The molecule has 118 valence electrons. The molecule has 2 rings (SSSR count). The molecule has 0 bridgehead atoms. The first-order valence-corrected chi connectivity index (χ1v) is 7.72. The van der Waals surface area contributed by atoms with Crippen LogP contribution in [0.5, 0.6) is 0 Å². The van der Waals surface area contributed by atoms with Gasteiger partial charge in [0.25, 0.3) is 0 Å². The number of rotatable bonds is 3. The minimum absolute atomic E-state index is 0.156. The Hall–Kier alpha value is -1.03. The lowest BCUT2D eigenvalue weighted by Gasteiger charge is -2.34. The molecule has 1 nitrogen and oxygen atoms in total. The molecule has 0 aliphatic heterocycles. The molecular formula is C17H24F3N. The first-order chi connectivity index (χ1) is 9.80. The maximum absolute atomic E-state index is 13.1. The molecule has 4 heteroatoms. The van der Waals surface area contributed by atoms with E-state index in [1.807, 2.05) is 0 Å². The van der Waals surface area contributed by atoms with Crippen LogP contribution in [0.1, 0.15) is 56.7 Å². The van der Waals surface area contributed by atoms with Crippen LogP contribution >= 0.6 is 0 Å². The minimum atomic E-state index is -4.33. The van der Waals surface area contributed by atoms with Crippen LogP contribution < -0.4 is 5.73 Å². The molecule has 1 aliphatic carbocycles. The van der Waals surface area contributed by atoms with E-state index in [9.17, 15) is 13.2 Å². The topological polar surface area (TPSA) is 26.0 Å². The van der Waals surface area contributed by atoms with E-state index in [0.29, 0.717) is 11.8 Å². The van der Waals surface area contributed by atoms with E-state index in [-0.39, 0.29) is 11.5 Å². The highest BCUT2D eigenvalue weighted by Crippen LogP contribution is 2.41. The van der Waals surface area contributed by atoms with Crippen molar-refractivity contribution < 1.29 is 13.2 Å². The first-order valence-electron chi connectivity index (χ1n) is 7.72. The van der Waals surface area contributed by atoms with Gasteiger partial charge in [-0.25, -0.2) is 0 Å². The third kappa shape index (κ3) is 3.79. The molecule has 1 fully saturated rings. The Morgan fingerprint density at radius 2 is 1.52 bits per heavy atom. The molecule has 0 aromatic heterocycles. The molecular weight excluding hydrogens is 275 g/mol. The number of hydrogen-bond acceptors (Lipinski definition) is 1. The number of benzene rings is 1. The number of alkyl halides is 3. The maximum Gasteiger partial charge on any atom is 0.416 e. The van der Waals surface area contributed by atoms with E-state index >= 15 is 0 Å². The molecule has 1 aromatic rings. The third-order valence-electron chi connectivity index (χ3n) is 4.89.